The summed E-state index contributed by atoms with van der Waals surface area (Å²) in [6, 6.07) is 6.87. The van der Waals surface area contributed by atoms with E-state index < -0.39 is 5.54 Å². The third-order valence-corrected chi connectivity index (χ3v) is 5.25. The minimum atomic E-state index is -0.724. The Labute approximate surface area is 153 Å². The summed E-state index contributed by atoms with van der Waals surface area (Å²) >= 11 is 0. The number of hydrogen-bond acceptors (Lipinski definition) is 4. The number of carbonyl (C=O) groups is 3. The van der Waals surface area contributed by atoms with E-state index in [0.717, 1.165) is 18.4 Å². The summed E-state index contributed by atoms with van der Waals surface area (Å²) in [4.78, 5) is 38.2. The van der Waals surface area contributed by atoms with Gasteiger partial charge in [-0.1, -0.05) is 31.0 Å². The van der Waals surface area contributed by atoms with Crippen LogP contribution in [0, 0.1) is 0 Å². The Hall–Kier alpha value is -2.57. The highest BCUT2D eigenvalue weighted by atomic mass is 16.5. The van der Waals surface area contributed by atoms with E-state index in [-0.39, 0.29) is 36.9 Å². The number of rotatable bonds is 6. The Morgan fingerprint density at radius 3 is 2.69 bits per heavy atom. The average molecular weight is 359 g/mol. The number of nitrogens with zero attached hydrogens (tertiary/aromatic N) is 1. The van der Waals surface area contributed by atoms with E-state index in [9.17, 15) is 14.4 Å². The molecule has 0 aromatic heterocycles. The largest absolute Gasteiger partial charge is 0.496 e. The quantitative estimate of drug-likeness (QED) is 0.762. The highest BCUT2D eigenvalue weighted by molar-refractivity contribution is 6.07. The van der Waals surface area contributed by atoms with Crippen LogP contribution in [0.25, 0.3) is 0 Å². The molecule has 1 aliphatic carbocycles. The van der Waals surface area contributed by atoms with Crippen LogP contribution in [-0.2, 0) is 9.59 Å². The summed E-state index contributed by atoms with van der Waals surface area (Å²) in [6.07, 6.45) is 3.33. The van der Waals surface area contributed by atoms with Gasteiger partial charge in [0, 0.05) is 18.5 Å². The van der Waals surface area contributed by atoms with E-state index in [1.54, 1.807) is 7.11 Å². The van der Waals surface area contributed by atoms with Gasteiger partial charge in [-0.2, -0.15) is 0 Å². The maximum Gasteiger partial charge on any atom is 0.325 e. The predicted molar refractivity (Wildman–Crippen MR) is 95.6 cm³/mol. The van der Waals surface area contributed by atoms with Gasteiger partial charge in [-0.25, -0.2) is 4.79 Å². The first-order chi connectivity index (χ1) is 12.5. The molecule has 0 bridgehead atoms. The van der Waals surface area contributed by atoms with Crippen molar-refractivity contribution in [2.45, 2.75) is 50.6 Å². The molecule has 2 fully saturated rings. The molecule has 1 heterocycles. The molecule has 7 nitrogen and oxygen atoms in total. The molecule has 1 saturated carbocycles. The molecule has 1 aromatic carbocycles. The lowest BCUT2D eigenvalue weighted by molar-refractivity contribution is -0.131. The fourth-order valence-electron chi connectivity index (χ4n) is 3.83. The molecule has 0 radical (unpaired) electrons. The zero-order chi connectivity index (χ0) is 18.7. The summed E-state index contributed by atoms with van der Waals surface area (Å²) in [6.45, 7) is 1.97. The Morgan fingerprint density at radius 1 is 1.31 bits per heavy atom. The highest BCUT2D eigenvalue weighted by Crippen LogP contribution is 2.35. The number of carbonyl (C=O) groups excluding carboxylic acids is 3. The zero-order valence-electron chi connectivity index (χ0n) is 15.2. The van der Waals surface area contributed by atoms with Crippen molar-refractivity contribution in [3.8, 4) is 5.75 Å². The van der Waals surface area contributed by atoms with E-state index >= 15 is 0 Å². The van der Waals surface area contributed by atoms with Crippen molar-refractivity contribution in [1.82, 2.24) is 15.5 Å². The van der Waals surface area contributed by atoms with E-state index in [1.807, 2.05) is 31.2 Å². The van der Waals surface area contributed by atoms with Gasteiger partial charge >= 0.3 is 6.03 Å². The van der Waals surface area contributed by atoms with Gasteiger partial charge in [-0.05, 0) is 25.8 Å². The maximum atomic E-state index is 12.6. The Kier molecular flexibility index (Phi) is 5.15. The van der Waals surface area contributed by atoms with E-state index in [0.29, 0.717) is 18.6 Å². The molecular formula is C19H25N3O4. The van der Waals surface area contributed by atoms with Gasteiger partial charge in [0.25, 0.3) is 5.91 Å². The standard InChI is InChI=1S/C19H25N3O4/c1-13(14-7-3-4-8-15(14)26-2)20-16(23)9-12-22-17(24)19(21-18(22)25)10-5-6-11-19/h3-4,7-8,13H,5-6,9-12H2,1-2H3,(H,20,23)(H,21,25)/t13-/m1/s1. The fourth-order valence-corrected chi connectivity index (χ4v) is 3.83. The normalized spacial score (nSPS) is 19.5. The first kappa shape index (κ1) is 18.2. The number of amides is 4. The number of ether oxygens (including phenoxy) is 1. The fraction of sp³-hybridized carbons (Fsp3) is 0.526. The highest BCUT2D eigenvalue weighted by Gasteiger charge is 2.52. The molecular weight excluding hydrogens is 334 g/mol. The maximum absolute atomic E-state index is 12.6. The number of benzene rings is 1. The van der Waals surface area contributed by atoms with Crippen molar-refractivity contribution in [3.63, 3.8) is 0 Å². The number of hydrogen-bond donors (Lipinski definition) is 2. The van der Waals surface area contributed by atoms with Gasteiger partial charge in [-0.15, -0.1) is 0 Å². The molecule has 2 N–H and O–H groups in total. The van der Waals surface area contributed by atoms with Crippen molar-refractivity contribution >= 4 is 17.8 Å². The topological polar surface area (TPSA) is 87.7 Å². The van der Waals surface area contributed by atoms with Crippen molar-refractivity contribution in [2.75, 3.05) is 13.7 Å². The Morgan fingerprint density at radius 2 is 2.00 bits per heavy atom. The van der Waals surface area contributed by atoms with Crippen LogP contribution in [-0.4, -0.2) is 41.9 Å². The summed E-state index contributed by atoms with van der Waals surface area (Å²) in [7, 11) is 1.59. The van der Waals surface area contributed by atoms with Crippen molar-refractivity contribution in [3.05, 3.63) is 29.8 Å². The first-order valence-corrected chi connectivity index (χ1v) is 9.03. The molecule has 2 aliphatic rings. The van der Waals surface area contributed by atoms with E-state index in [2.05, 4.69) is 10.6 Å². The lowest BCUT2D eigenvalue weighted by atomic mass is 9.98. The Balaban J connectivity index is 1.56. The number of para-hydroxylation sites is 1. The SMILES string of the molecule is COc1ccccc1[C@@H](C)NC(=O)CCN1C(=O)NC2(CCCC2)C1=O. The van der Waals surface area contributed by atoms with Gasteiger partial charge in [-0.3, -0.25) is 14.5 Å². The zero-order valence-corrected chi connectivity index (χ0v) is 15.2. The van der Waals surface area contributed by atoms with Crippen LogP contribution in [0.3, 0.4) is 0 Å². The molecule has 1 aliphatic heterocycles. The number of nitrogens with one attached hydrogen (secondary N) is 2. The van der Waals surface area contributed by atoms with E-state index in [1.165, 1.54) is 4.90 Å². The van der Waals surface area contributed by atoms with Crippen LogP contribution in [0.1, 0.15) is 50.6 Å². The Bertz CT molecular complexity index is 712. The molecule has 1 spiro atoms. The molecule has 1 aromatic rings. The molecule has 1 saturated heterocycles. The number of methoxy groups -OCH3 is 1. The smallest absolute Gasteiger partial charge is 0.325 e. The molecule has 26 heavy (non-hydrogen) atoms. The molecule has 140 valence electrons. The average Bonchev–Trinajstić information content (AvgIpc) is 3.19. The van der Waals surface area contributed by atoms with Crippen LogP contribution >= 0.6 is 0 Å². The van der Waals surface area contributed by atoms with E-state index in [4.69, 9.17) is 4.74 Å². The molecule has 7 heteroatoms. The predicted octanol–water partition coefficient (Wildman–Crippen LogP) is 2.13. The lowest BCUT2D eigenvalue weighted by Gasteiger charge is -2.20. The first-order valence-electron chi connectivity index (χ1n) is 9.03. The molecule has 1 atom stereocenters. The summed E-state index contributed by atoms with van der Waals surface area (Å²) in [5, 5.41) is 5.72. The van der Waals surface area contributed by atoms with Crippen molar-refractivity contribution in [2.24, 2.45) is 0 Å². The minimum absolute atomic E-state index is 0.0781. The lowest BCUT2D eigenvalue weighted by Crippen LogP contribution is -2.44. The van der Waals surface area contributed by atoms with Gasteiger partial charge in [0.15, 0.2) is 0 Å². The third kappa shape index (κ3) is 3.38. The van der Waals surface area contributed by atoms with Gasteiger partial charge in [0.05, 0.1) is 13.2 Å². The second-order valence-electron chi connectivity index (χ2n) is 6.96. The summed E-state index contributed by atoms with van der Waals surface area (Å²) in [5.74, 6) is 0.305. The second-order valence-corrected chi connectivity index (χ2v) is 6.96. The van der Waals surface area contributed by atoms with Gasteiger partial charge in [0.1, 0.15) is 11.3 Å². The summed E-state index contributed by atoms with van der Waals surface area (Å²) in [5.41, 5.74) is 0.154. The molecule has 3 rings (SSSR count). The van der Waals surface area contributed by atoms with Crippen LogP contribution in [0.2, 0.25) is 0 Å². The van der Waals surface area contributed by atoms with Crippen LogP contribution in [0.5, 0.6) is 5.75 Å². The third-order valence-electron chi connectivity index (χ3n) is 5.25. The van der Waals surface area contributed by atoms with Gasteiger partial charge < -0.3 is 15.4 Å². The van der Waals surface area contributed by atoms with Crippen molar-refractivity contribution in [1.29, 1.82) is 0 Å². The summed E-state index contributed by atoms with van der Waals surface area (Å²) < 4.78 is 5.31. The second kappa shape index (κ2) is 7.35. The minimum Gasteiger partial charge on any atom is -0.496 e. The van der Waals surface area contributed by atoms with Crippen LogP contribution in [0.4, 0.5) is 4.79 Å². The van der Waals surface area contributed by atoms with Gasteiger partial charge in [0.2, 0.25) is 5.91 Å². The van der Waals surface area contributed by atoms with Crippen LogP contribution in [0.15, 0.2) is 24.3 Å². The van der Waals surface area contributed by atoms with Crippen molar-refractivity contribution < 1.29 is 19.1 Å². The number of urea groups is 1. The molecule has 0 unspecified atom stereocenters. The monoisotopic (exact) mass is 359 g/mol. The number of imide groups is 1. The molecule has 4 amide bonds. The van der Waals surface area contributed by atoms with Crippen LogP contribution < -0.4 is 15.4 Å².